The summed E-state index contributed by atoms with van der Waals surface area (Å²) >= 11 is 5.56. The molecule has 0 aromatic heterocycles. The van der Waals surface area contributed by atoms with Crippen LogP contribution in [0.15, 0.2) is 18.2 Å². The predicted molar refractivity (Wildman–Crippen MR) is 58.4 cm³/mol. The summed E-state index contributed by atoms with van der Waals surface area (Å²) in [5.41, 5.74) is 0.351. The molecule has 0 amide bonds. The first-order valence-electron chi connectivity index (χ1n) is 5.10. The van der Waals surface area contributed by atoms with Gasteiger partial charge in [0.25, 0.3) is 0 Å². The Balaban J connectivity index is 2.29. The van der Waals surface area contributed by atoms with Crippen LogP contribution in [-0.2, 0) is 6.54 Å². The number of halogens is 5. The second-order valence-electron chi connectivity index (χ2n) is 3.61. The highest BCUT2D eigenvalue weighted by molar-refractivity contribution is 6.30. The van der Waals surface area contributed by atoms with E-state index >= 15 is 0 Å². The van der Waals surface area contributed by atoms with Gasteiger partial charge in [0.2, 0.25) is 0 Å². The molecule has 0 saturated carbocycles. The van der Waals surface area contributed by atoms with E-state index in [4.69, 9.17) is 11.6 Å². The highest BCUT2D eigenvalue weighted by atomic mass is 35.5. The first-order chi connectivity index (χ1) is 7.90. The SMILES string of the molecule is Fc1c(Cl)cccc1CNCCCC(F)(F)F. The number of hydrogen-bond acceptors (Lipinski definition) is 1. The van der Waals surface area contributed by atoms with Gasteiger partial charge in [0.1, 0.15) is 5.82 Å². The second-order valence-corrected chi connectivity index (χ2v) is 4.02. The molecule has 6 heteroatoms. The van der Waals surface area contributed by atoms with E-state index in [1.807, 2.05) is 0 Å². The van der Waals surface area contributed by atoms with Crippen LogP contribution in [0.4, 0.5) is 17.6 Å². The van der Waals surface area contributed by atoms with Crippen molar-refractivity contribution >= 4 is 11.6 Å². The minimum absolute atomic E-state index is 0.0135. The Morgan fingerprint density at radius 1 is 1.24 bits per heavy atom. The second kappa shape index (κ2) is 6.21. The number of rotatable bonds is 5. The molecular weight excluding hydrogens is 258 g/mol. The lowest BCUT2D eigenvalue weighted by Gasteiger charge is -2.08. The first-order valence-corrected chi connectivity index (χ1v) is 5.48. The molecule has 96 valence electrons. The summed E-state index contributed by atoms with van der Waals surface area (Å²) in [7, 11) is 0. The number of nitrogens with one attached hydrogen (secondary N) is 1. The Labute approximate surface area is 102 Å². The van der Waals surface area contributed by atoms with Gasteiger partial charge in [-0.2, -0.15) is 13.2 Å². The minimum Gasteiger partial charge on any atom is -0.313 e. The molecule has 0 atom stereocenters. The van der Waals surface area contributed by atoms with Gasteiger partial charge in [-0.25, -0.2) is 4.39 Å². The Kier molecular flexibility index (Phi) is 5.21. The van der Waals surface area contributed by atoms with Gasteiger partial charge in [-0.15, -0.1) is 0 Å². The van der Waals surface area contributed by atoms with E-state index in [1.165, 1.54) is 12.1 Å². The molecule has 1 rings (SSSR count). The number of benzene rings is 1. The fraction of sp³-hybridized carbons (Fsp3) is 0.455. The standard InChI is InChI=1S/C11H12ClF4N/c12-9-4-1-3-8(10(9)13)7-17-6-2-5-11(14,15)16/h1,3-4,17H,2,5-7H2. The maximum absolute atomic E-state index is 13.3. The number of hydrogen-bond donors (Lipinski definition) is 1. The molecule has 0 bridgehead atoms. The van der Waals surface area contributed by atoms with E-state index < -0.39 is 18.4 Å². The van der Waals surface area contributed by atoms with Crippen molar-refractivity contribution in [3.05, 3.63) is 34.6 Å². The summed E-state index contributed by atoms with van der Waals surface area (Å²) in [5.74, 6) is -0.530. The molecule has 0 aliphatic rings. The van der Waals surface area contributed by atoms with Crippen LogP contribution in [0.25, 0.3) is 0 Å². The van der Waals surface area contributed by atoms with Gasteiger partial charge in [0.05, 0.1) is 5.02 Å². The van der Waals surface area contributed by atoms with E-state index in [2.05, 4.69) is 5.32 Å². The first kappa shape index (κ1) is 14.3. The Bertz CT molecular complexity index is 365. The van der Waals surface area contributed by atoms with Gasteiger partial charge in [-0.05, 0) is 19.0 Å². The molecule has 1 aromatic rings. The zero-order chi connectivity index (χ0) is 12.9. The van der Waals surface area contributed by atoms with E-state index in [0.29, 0.717) is 5.56 Å². The summed E-state index contributed by atoms with van der Waals surface area (Å²) in [4.78, 5) is 0. The average molecular weight is 270 g/mol. The largest absolute Gasteiger partial charge is 0.389 e. The zero-order valence-corrected chi connectivity index (χ0v) is 9.71. The molecule has 1 nitrogen and oxygen atoms in total. The molecule has 17 heavy (non-hydrogen) atoms. The lowest BCUT2D eigenvalue weighted by Crippen LogP contribution is -2.18. The summed E-state index contributed by atoms with van der Waals surface area (Å²) in [6.07, 6.45) is -4.99. The van der Waals surface area contributed by atoms with Crippen LogP contribution in [0.2, 0.25) is 5.02 Å². The van der Waals surface area contributed by atoms with Crippen LogP contribution in [0.3, 0.4) is 0 Å². The van der Waals surface area contributed by atoms with Gasteiger partial charge < -0.3 is 5.32 Å². The molecule has 0 unspecified atom stereocenters. The van der Waals surface area contributed by atoms with Crippen molar-refractivity contribution in [3.63, 3.8) is 0 Å². The lowest BCUT2D eigenvalue weighted by atomic mass is 10.2. The quantitative estimate of drug-likeness (QED) is 0.631. The van der Waals surface area contributed by atoms with E-state index in [-0.39, 0.29) is 24.5 Å². The van der Waals surface area contributed by atoms with E-state index in [0.717, 1.165) is 0 Å². The summed E-state index contributed by atoms with van der Waals surface area (Å²) < 4.78 is 48.8. The van der Waals surface area contributed by atoms with Crippen molar-refractivity contribution in [2.45, 2.75) is 25.6 Å². The van der Waals surface area contributed by atoms with Gasteiger partial charge in [0, 0.05) is 18.5 Å². The molecule has 0 fully saturated rings. The Morgan fingerprint density at radius 2 is 1.94 bits per heavy atom. The van der Waals surface area contributed by atoms with Crippen LogP contribution in [0.5, 0.6) is 0 Å². The van der Waals surface area contributed by atoms with E-state index in [1.54, 1.807) is 6.07 Å². The molecule has 0 heterocycles. The predicted octanol–water partition coefficient (Wildman–Crippen LogP) is 3.91. The van der Waals surface area contributed by atoms with Gasteiger partial charge >= 0.3 is 6.18 Å². The average Bonchev–Trinajstić information content (AvgIpc) is 2.22. The molecule has 1 aromatic carbocycles. The Hall–Kier alpha value is -0.810. The van der Waals surface area contributed by atoms with Crippen LogP contribution >= 0.6 is 11.6 Å². The van der Waals surface area contributed by atoms with Crippen molar-refractivity contribution in [1.82, 2.24) is 5.32 Å². The van der Waals surface area contributed by atoms with Crippen molar-refractivity contribution in [3.8, 4) is 0 Å². The molecule has 1 N–H and O–H groups in total. The molecule has 0 aliphatic heterocycles. The van der Waals surface area contributed by atoms with Crippen LogP contribution in [0.1, 0.15) is 18.4 Å². The highest BCUT2D eigenvalue weighted by Gasteiger charge is 2.25. The highest BCUT2D eigenvalue weighted by Crippen LogP contribution is 2.21. The van der Waals surface area contributed by atoms with Crippen molar-refractivity contribution in [2.24, 2.45) is 0 Å². The van der Waals surface area contributed by atoms with Crippen LogP contribution < -0.4 is 5.32 Å². The molecule has 0 aliphatic carbocycles. The van der Waals surface area contributed by atoms with Gasteiger partial charge in [-0.1, -0.05) is 23.7 Å². The summed E-state index contributed by atoms with van der Waals surface area (Å²) in [6.45, 7) is 0.357. The molecule has 0 radical (unpaired) electrons. The van der Waals surface area contributed by atoms with Crippen molar-refractivity contribution in [2.75, 3.05) is 6.54 Å². The summed E-state index contributed by atoms with van der Waals surface area (Å²) in [6, 6.07) is 4.56. The zero-order valence-electron chi connectivity index (χ0n) is 8.95. The fourth-order valence-electron chi connectivity index (χ4n) is 1.32. The lowest BCUT2D eigenvalue weighted by molar-refractivity contribution is -0.135. The van der Waals surface area contributed by atoms with Crippen LogP contribution in [-0.4, -0.2) is 12.7 Å². The molecule has 0 spiro atoms. The van der Waals surface area contributed by atoms with Gasteiger partial charge in [-0.3, -0.25) is 0 Å². The molecular formula is C11H12ClF4N. The topological polar surface area (TPSA) is 12.0 Å². The van der Waals surface area contributed by atoms with E-state index in [9.17, 15) is 17.6 Å². The third-order valence-corrected chi connectivity index (χ3v) is 2.45. The number of alkyl halides is 3. The normalized spacial score (nSPS) is 11.8. The minimum atomic E-state index is -4.14. The monoisotopic (exact) mass is 269 g/mol. The maximum Gasteiger partial charge on any atom is 0.389 e. The third-order valence-electron chi connectivity index (χ3n) is 2.16. The third kappa shape index (κ3) is 5.37. The maximum atomic E-state index is 13.3. The van der Waals surface area contributed by atoms with Crippen LogP contribution in [0, 0.1) is 5.82 Å². The van der Waals surface area contributed by atoms with Crippen molar-refractivity contribution in [1.29, 1.82) is 0 Å². The molecule has 0 saturated heterocycles. The van der Waals surface area contributed by atoms with Crippen molar-refractivity contribution < 1.29 is 17.6 Å². The fourth-order valence-corrected chi connectivity index (χ4v) is 1.52. The summed E-state index contributed by atoms with van der Waals surface area (Å²) in [5, 5.41) is 2.76. The Morgan fingerprint density at radius 3 is 2.59 bits per heavy atom. The van der Waals surface area contributed by atoms with Gasteiger partial charge in [0.15, 0.2) is 0 Å². The smallest absolute Gasteiger partial charge is 0.313 e.